The van der Waals surface area contributed by atoms with Gasteiger partial charge in [0.2, 0.25) is 0 Å². The SMILES string of the molecule is O=C(OP(=O)(O)OC[C@H]1O[C@@H](n2ccc(=O)[nH]c2=O)[C@H](O)[C@@H]1O)[C@H](O)[C@@H](O)[C@H](O)[C@H](O)CO. The van der Waals surface area contributed by atoms with Gasteiger partial charge in [0.15, 0.2) is 12.3 Å². The minimum absolute atomic E-state index is 0.734. The van der Waals surface area contributed by atoms with E-state index in [1.54, 1.807) is 0 Å². The smallest absolute Gasteiger partial charge is 0.394 e. The van der Waals surface area contributed by atoms with Crippen molar-refractivity contribution in [2.75, 3.05) is 13.2 Å². The van der Waals surface area contributed by atoms with Crippen molar-refractivity contribution in [1.82, 2.24) is 9.55 Å². The zero-order valence-corrected chi connectivity index (χ0v) is 17.4. The summed E-state index contributed by atoms with van der Waals surface area (Å²) in [5, 5.41) is 66.7. The van der Waals surface area contributed by atoms with Crippen molar-refractivity contribution >= 4 is 13.8 Å². The monoisotopic (exact) mass is 502 g/mol. The third-order valence-electron chi connectivity index (χ3n) is 4.57. The molecular formula is C15H23N2O15P. The van der Waals surface area contributed by atoms with Gasteiger partial charge in [0, 0.05) is 12.3 Å². The Labute approximate surface area is 183 Å². The fourth-order valence-electron chi connectivity index (χ4n) is 2.75. The van der Waals surface area contributed by atoms with Crippen LogP contribution in [0.3, 0.4) is 0 Å². The van der Waals surface area contributed by atoms with Crippen LogP contribution in [0.1, 0.15) is 6.23 Å². The molecule has 33 heavy (non-hydrogen) atoms. The number of rotatable bonds is 10. The highest BCUT2D eigenvalue weighted by molar-refractivity contribution is 7.48. The maximum Gasteiger partial charge on any atom is 0.529 e. The van der Waals surface area contributed by atoms with Gasteiger partial charge in [-0.3, -0.25) is 23.8 Å². The van der Waals surface area contributed by atoms with Crippen LogP contribution in [0.4, 0.5) is 0 Å². The molecule has 0 aliphatic carbocycles. The molecule has 0 radical (unpaired) electrons. The molecule has 0 bridgehead atoms. The lowest BCUT2D eigenvalue weighted by Gasteiger charge is -2.25. The first kappa shape index (κ1) is 27.2. The molecule has 9 atom stereocenters. The second-order valence-corrected chi connectivity index (χ2v) is 8.29. The van der Waals surface area contributed by atoms with Crippen LogP contribution in [-0.2, 0) is 23.1 Å². The number of nitrogens with one attached hydrogen (secondary N) is 1. The number of aromatic amines is 1. The Kier molecular flexibility index (Phi) is 9.02. The van der Waals surface area contributed by atoms with Gasteiger partial charge in [0.25, 0.3) is 5.56 Å². The van der Waals surface area contributed by atoms with Crippen molar-refractivity contribution in [2.45, 2.75) is 49.0 Å². The summed E-state index contributed by atoms with van der Waals surface area (Å²) in [6.07, 6.45) is -14.8. The first-order valence-corrected chi connectivity index (χ1v) is 10.7. The van der Waals surface area contributed by atoms with Crippen LogP contribution in [0.15, 0.2) is 21.9 Å². The molecule has 2 rings (SSSR count). The Morgan fingerprint density at radius 2 is 1.82 bits per heavy atom. The molecular weight excluding hydrogens is 479 g/mol. The number of aromatic nitrogens is 2. The van der Waals surface area contributed by atoms with E-state index in [-0.39, 0.29) is 0 Å². The first-order valence-electron chi connectivity index (χ1n) is 9.16. The number of hydrogen-bond acceptors (Lipinski definition) is 14. The number of phosphoric acid groups is 1. The quantitative estimate of drug-likeness (QED) is 0.135. The number of aliphatic hydroxyl groups excluding tert-OH is 7. The Morgan fingerprint density at radius 1 is 1.18 bits per heavy atom. The van der Waals surface area contributed by atoms with Gasteiger partial charge >= 0.3 is 19.5 Å². The van der Waals surface area contributed by atoms with Crippen LogP contribution in [0.5, 0.6) is 0 Å². The molecule has 1 fully saturated rings. The van der Waals surface area contributed by atoms with E-state index in [2.05, 4.69) is 9.05 Å². The fraction of sp³-hybridized carbons (Fsp3) is 0.667. The van der Waals surface area contributed by atoms with Crippen molar-refractivity contribution < 1.29 is 63.8 Å². The van der Waals surface area contributed by atoms with E-state index in [0.717, 1.165) is 16.8 Å². The Morgan fingerprint density at radius 3 is 2.39 bits per heavy atom. The van der Waals surface area contributed by atoms with Gasteiger partial charge in [0.05, 0.1) is 13.2 Å². The number of phosphoric ester groups is 1. The van der Waals surface area contributed by atoms with Crippen molar-refractivity contribution in [1.29, 1.82) is 0 Å². The summed E-state index contributed by atoms with van der Waals surface area (Å²) in [7, 11) is -5.31. The Hall–Kier alpha value is -2.02. The minimum Gasteiger partial charge on any atom is -0.394 e. The van der Waals surface area contributed by atoms with Gasteiger partial charge in [-0.25, -0.2) is 14.2 Å². The van der Waals surface area contributed by atoms with Crippen LogP contribution in [0.25, 0.3) is 0 Å². The maximum atomic E-state index is 12.0. The van der Waals surface area contributed by atoms with Crippen molar-refractivity contribution in [3.05, 3.63) is 33.1 Å². The first-order chi connectivity index (χ1) is 15.3. The largest absolute Gasteiger partial charge is 0.529 e. The van der Waals surface area contributed by atoms with E-state index in [1.807, 2.05) is 4.98 Å². The molecule has 1 aromatic rings. The van der Waals surface area contributed by atoms with E-state index in [9.17, 15) is 54.5 Å². The van der Waals surface area contributed by atoms with Crippen LogP contribution in [-0.4, -0.2) is 112 Å². The van der Waals surface area contributed by atoms with Crippen molar-refractivity contribution in [3.8, 4) is 0 Å². The molecule has 9 N–H and O–H groups in total. The molecule has 0 spiro atoms. The summed E-state index contributed by atoms with van der Waals surface area (Å²) in [4.78, 5) is 46.2. The standard InChI is InChI=1S/C15H23N2O15P/c18-3-5(19)8(21)10(23)12(25)14(26)32-33(28,29)30-4-6-9(22)11(24)13(31-6)17-2-1-7(20)16-15(17)27/h1-2,5-6,8-13,18-19,21-25H,3-4H2,(H,28,29)(H,16,20,27)/t5-,6-,8-,9-,10+,11-,12-,13-/m1/s1. The minimum atomic E-state index is -5.31. The number of hydrogen-bond donors (Lipinski definition) is 9. The summed E-state index contributed by atoms with van der Waals surface area (Å²) >= 11 is 0. The summed E-state index contributed by atoms with van der Waals surface area (Å²) in [6, 6.07) is 0.936. The molecule has 0 saturated carbocycles. The molecule has 0 amide bonds. The van der Waals surface area contributed by atoms with Gasteiger partial charge in [-0.2, -0.15) is 0 Å². The highest BCUT2D eigenvalue weighted by Crippen LogP contribution is 2.45. The van der Waals surface area contributed by atoms with E-state index >= 15 is 0 Å². The zero-order valence-electron chi connectivity index (χ0n) is 16.5. The number of nitrogens with zero attached hydrogens (tertiary/aromatic N) is 1. The molecule has 1 aromatic heterocycles. The highest BCUT2D eigenvalue weighted by Gasteiger charge is 2.46. The summed E-state index contributed by atoms with van der Waals surface area (Å²) in [5.41, 5.74) is -1.72. The second kappa shape index (κ2) is 10.9. The predicted octanol–water partition coefficient (Wildman–Crippen LogP) is -5.75. The van der Waals surface area contributed by atoms with Gasteiger partial charge in [-0.1, -0.05) is 0 Å². The van der Waals surface area contributed by atoms with Crippen LogP contribution < -0.4 is 11.2 Å². The van der Waals surface area contributed by atoms with Gasteiger partial charge in [0.1, 0.15) is 36.6 Å². The molecule has 1 saturated heterocycles. The van der Waals surface area contributed by atoms with Crippen LogP contribution in [0, 0.1) is 0 Å². The second-order valence-electron chi connectivity index (χ2n) is 6.91. The predicted molar refractivity (Wildman–Crippen MR) is 100 cm³/mol. The number of aliphatic hydroxyl groups is 7. The van der Waals surface area contributed by atoms with E-state index in [1.165, 1.54) is 0 Å². The van der Waals surface area contributed by atoms with E-state index < -0.39 is 87.2 Å². The molecule has 17 nitrogen and oxygen atoms in total. The van der Waals surface area contributed by atoms with Gasteiger partial charge in [-0.15, -0.1) is 0 Å². The maximum absolute atomic E-state index is 12.0. The van der Waals surface area contributed by atoms with Crippen molar-refractivity contribution in [2.24, 2.45) is 0 Å². The van der Waals surface area contributed by atoms with Gasteiger partial charge < -0.3 is 45.0 Å². The van der Waals surface area contributed by atoms with Gasteiger partial charge in [-0.05, 0) is 0 Å². The van der Waals surface area contributed by atoms with Crippen molar-refractivity contribution in [3.63, 3.8) is 0 Å². The average molecular weight is 502 g/mol. The molecule has 18 heteroatoms. The molecule has 188 valence electrons. The highest BCUT2D eigenvalue weighted by atomic mass is 31.2. The number of carbonyl (C=O) groups is 1. The zero-order chi connectivity index (χ0) is 25.1. The van der Waals surface area contributed by atoms with Crippen LogP contribution >= 0.6 is 7.82 Å². The fourth-order valence-corrected chi connectivity index (χ4v) is 3.47. The topological polar surface area (TPSA) is 279 Å². The molecule has 1 aliphatic rings. The average Bonchev–Trinajstić information content (AvgIpc) is 3.03. The lowest BCUT2D eigenvalue weighted by atomic mass is 10.0. The number of carbonyl (C=O) groups excluding carboxylic acids is 1. The molecule has 1 unspecified atom stereocenters. The third kappa shape index (κ3) is 6.52. The van der Waals surface area contributed by atoms with Crippen LogP contribution in [0.2, 0.25) is 0 Å². The summed E-state index contributed by atoms with van der Waals surface area (Å²) < 4.78 is 26.4. The number of ether oxygens (including phenoxy) is 1. The van der Waals surface area contributed by atoms with E-state index in [4.69, 9.17) is 9.84 Å². The normalized spacial score (nSPS) is 28.5. The third-order valence-corrected chi connectivity index (χ3v) is 5.45. The number of H-pyrrole nitrogens is 1. The van der Waals surface area contributed by atoms with E-state index in [0.29, 0.717) is 0 Å². The Bertz CT molecular complexity index is 981. The molecule has 0 aromatic carbocycles. The summed E-state index contributed by atoms with van der Waals surface area (Å²) in [5.74, 6) is -1.94. The lowest BCUT2D eigenvalue weighted by molar-refractivity contribution is -0.163. The summed E-state index contributed by atoms with van der Waals surface area (Å²) in [6.45, 7) is -2.01. The Balaban J connectivity index is 1.99. The lowest BCUT2D eigenvalue weighted by Crippen LogP contribution is -2.49. The molecule has 1 aliphatic heterocycles. The molecule has 2 heterocycles.